The van der Waals surface area contributed by atoms with Gasteiger partial charge in [0, 0.05) is 38.0 Å². The quantitative estimate of drug-likeness (QED) is 0.421. The fourth-order valence-corrected chi connectivity index (χ4v) is 3.81. The number of aromatic nitrogens is 4. The maximum absolute atomic E-state index is 8.14. The molecule has 0 spiro atoms. The first-order valence-corrected chi connectivity index (χ1v) is 10.2. The molecule has 0 bridgehead atoms. The molecule has 0 saturated carbocycles. The van der Waals surface area contributed by atoms with Gasteiger partial charge in [-0.25, -0.2) is 9.97 Å². The SMILES string of the molecule is CN/C(C)=C\C(=N)Nc1ncc2c(n1)-c1c(nn(C)c1Cc1cccc(OC)c1)CC2. The van der Waals surface area contributed by atoms with Crippen LogP contribution < -0.4 is 15.4 Å². The summed E-state index contributed by atoms with van der Waals surface area (Å²) in [5.41, 5.74) is 7.27. The van der Waals surface area contributed by atoms with Gasteiger partial charge in [-0.15, -0.1) is 0 Å². The molecule has 31 heavy (non-hydrogen) atoms. The number of benzene rings is 1. The Morgan fingerprint density at radius 1 is 1.32 bits per heavy atom. The Balaban J connectivity index is 1.70. The van der Waals surface area contributed by atoms with E-state index < -0.39 is 0 Å². The molecule has 1 aromatic carbocycles. The predicted molar refractivity (Wildman–Crippen MR) is 122 cm³/mol. The van der Waals surface area contributed by atoms with E-state index in [1.807, 2.05) is 50.1 Å². The van der Waals surface area contributed by atoms with E-state index in [2.05, 4.69) is 21.7 Å². The Morgan fingerprint density at radius 2 is 2.16 bits per heavy atom. The molecule has 8 heteroatoms. The Bertz CT molecular complexity index is 1160. The van der Waals surface area contributed by atoms with Gasteiger partial charge in [-0.1, -0.05) is 12.1 Å². The van der Waals surface area contributed by atoms with Gasteiger partial charge >= 0.3 is 0 Å². The Morgan fingerprint density at radius 3 is 2.94 bits per heavy atom. The van der Waals surface area contributed by atoms with Crippen molar-refractivity contribution in [2.75, 3.05) is 19.5 Å². The first-order chi connectivity index (χ1) is 15.0. The average Bonchev–Trinajstić information content (AvgIpc) is 3.09. The number of hydrogen-bond donors (Lipinski definition) is 3. The molecule has 0 fully saturated rings. The van der Waals surface area contributed by atoms with Gasteiger partial charge in [-0.05, 0) is 49.1 Å². The number of allylic oxidation sites excluding steroid dienone is 1. The molecular weight excluding hydrogens is 390 g/mol. The van der Waals surface area contributed by atoms with E-state index in [-0.39, 0.29) is 5.84 Å². The topological polar surface area (TPSA) is 101 Å². The number of methoxy groups -OCH3 is 1. The van der Waals surface area contributed by atoms with Gasteiger partial charge in [0.05, 0.1) is 24.2 Å². The van der Waals surface area contributed by atoms with Crippen LogP contribution in [0.5, 0.6) is 5.75 Å². The van der Waals surface area contributed by atoms with Crippen LogP contribution in [0.3, 0.4) is 0 Å². The second-order valence-electron chi connectivity index (χ2n) is 7.60. The third-order valence-corrected chi connectivity index (χ3v) is 5.48. The van der Waals surface area contributed by atoms with Gasteiger partial charge in [0.1, 0.15) is 11.6 Å². The van der Waals surface area contributed by atoms with Crippen molar-refractivity contribution in [1.82, 2.24) is 25.1 Å². The number of ether oxygens (including phenoxy) is 1. The number of amidine groups is 1. The van der Waals surface area contributed by atoms with E-state index in [0.717, 1.165) is 64.5 Å². The van der Waals surface area contributed by atoms with Gasteiger partial charge < -0.3 is 15.4 Å². The van der Waals surface area contributed by atoms with Crippen LogP contribution >= 0.6 is 0 Å². The van der Waals surface area contributed by atoms with Crippen LogP contribution in [-0.2, 0) is 26.3 Å². The van der Waals surface area contributed by atoms with E-state index in [4.69, 9.17) is 20.2 Å². The lowest BCUT2D eigenvalue weighted by molar-refractivity contribution is 0.414. The number of fused-ring (bicyclic) bond motifs is 3. The van der Waals surface area contributed by atoms with Crippen molar-refractivity contribution < 1.29 is 4.74 Å². The summed E-state index contributed by atoms with van der Waals surface area (Å²) in [4.78, 5) is 9.21. The molecular formula is C23H27N7O. The average molecular weight is 418 g/mol. The number of aryl methyl sites for hydroxylation is 3. The van der Waals surface area contributed by atoms with Crippen LogP contribution in [-0.4, -0.2) is 39.7 Å². The van der Waals surface area contributed by atoms with Crippen molar-refractivity contribution in [3.05, 3.63) is 64.8 Å². The molecule has 0 aliphatic heterocycles. The molecule has 0 saturated heterocycles. The summed E-state index contributed by atoms with van der Waals surface area (Å²) in [5, 5.41) is 18.9. The summed E-state index contributed by atoms with van der Waals surface area (Å²) >= 11 is 0. The highest BCUT2D eigenvalue weighted by atomic mass is 16.5. The molecule has 0 amide bonds. The smallest absolute Gasteiger partial charge is 0.228 e. The molecule has 2 aromatic heterocycles. The molecule has 1 aliphatic rings. The van der Waals surface area contributed by atoms with Gasteiger partial charge in [0.25, 0.3) is 0 Å². The van der Waals surface area contributed by atoms with Gasteiger partial charge in [0.2, 0.25) is 5.95 Å². The number of rotatable bonds is 6. The summed E-state index contributed by atoms with van der Waals surface area (Å²) in [6, 6.07) is 8.09. The van der Waals surface area contributed by atoms with Crippen LogP contribution in [0.15, 0.2) is 42.2 Å². The van der Waals surface area contributed by atoms with E-state index in [0.29, 0.717) is 5.95 Å². The highest BCUT2D eigenvalue weighted by Crippen LogP contribution is 2.35. The van der Waals surface area contributed by atoms with Gasteiger partial charge in [-0.2, -0.15) is 5.10 Å². The predicted octanol–water partition coefficient (Wildman–Crippen LogP) is 3.09. The van der Waals surface area contributed by atoms with Gasteiger partial charge in [0.15, 0.2) is 0 Å². The van der Waals surface area contributed by atoms with Crippen molar-refractivity contribution in [1.29, 1.82) is 5.41 Å². The Hall–Kier alpha value is -3.68. The van der Waals surface area contributed by atoms with Crippen molar-refractivity contribution in [2.24, 2.45) is 7.05 Å². The second-order valence-corrected chi connectivity index (χ2v) is 7.60. The number of nitrogens with zero attached hydrogens (tertiary/aromatic N) is 4. The number of anilines is 1. The molecule has 1 aliphatic carbocycles. The van der Waals surface area contributed by atoms with Crippen LogP contribution in [0.25, 0.3) is 11.3 Å². The molecule has 4 rings (SSSR count). The third-order valence-electron chi connectivity index (χ3n) is 5.48. The minimum absolute atomic E-state index is 0.227. The lowest BCUT2D eigenvalue weighted by Crippen LogP contribution is -2.15. The van der Waals surface area contributed by atoms with Crippen LogP contribution in [0.2, 0.25) is 0 Å². The van der Waals surface area contributed by atoms with Crippen LogP contribution in [0.4, 0.5) is 5.95 Å². The zero-order chi connectivity index (χ0) is 22.0. The Kier molecular flexibility index (Phi) is 5.70. The minimum atomic E-state index is 0.227. The highest BCUT2D eigenvalue weighted by Gasteiger charge is 2.26. The lowest BCUT2D eigenvalue weighted by Gasteiger charge is -2.17. The van der Waals surface area contributed by atoms with Crippen LogP contribution in [0.1, 0.15) is 29.4 Å². The summed E-state index contributed by atoms with van der Waals surface area (Å²) < 4.78 is 7.33. The van der Waals surface area contributed by atoms with E-state index in [1.165, 1.54) is 0 Å². The first kappa shape index (κ1) is 20.6. The summed E-state index contributed by atoms with van der Waals surface area (Å²) in [5.74, 6) is 1.48. The zero-order valence-corrected chi connectivity index (χ0v) is 18.3. The fraction of sp³-hybridized carbons (Fsp3) is 0.304. The van der Waals surface area contributed by atoms with Crippen molar-refractivity contribution >= 4 is 11.8 Å². The first-order valence-electron chi connectivity index (χ1n) is 10.2. The van der Waals surface area contributed by atoms with E-state index >= 15 is 0 Å². The second kappa shape index (κ2) is 8.59. The monoisotopic (exact) mass is 417 g/mol. The minimum Gasteiger partial charge on any atom is -0.497 e. The summed E-state index contributed by atoms with van der Waals surface area (Å²) in [6.07, 6.45) is 6.01. The van der Waals surface area contributed by atoms with Crippen molar-refractivity contribution in [2.45, 2.75) is 26.2 Å². The largest absolute Gasteiger partial charge is 0.497 e. The zero-order valence-electron chi connectivity index (χ0n) is 18.3. The molecule has 3 N–H and O–H groups in total. The molecule has 0 radical (unpaired) electrons. The standard InChI is InChI=1S/C23H27N7O/c1-14(25-2)10-20(24)27-23-26-13-16-8-9-18-21(22(16)28-23)19(30(3)29-18)12-15-6-5-7-17(11-15)31-4/h5-7,10-11,13,25H,8-9,12H2,1-4H3,(H2,24,26,27,28)/b14-10-. The molecule has 3 aromatic rings. The van der Waals surface area contributed by atoms with Gasteiger partial charge in [-0.3, -0.25) is 10.1 Å². The van der Waals surface area contributed by atoms with Crippen molar-refractivity contribution in [3.8, 4) is 17.0 Å². The summed E-state index contributed by atoms with van der Waals surface area (Å²) in [7, 11) is 5.48. The molecule has 2 heterocycles. The van der Waals surface area contributed by atoms with Crippen molar-refractivity contribution in [3.63, 3.8) is 0 Å². The Labute approximate surface area is 181 Å². The summed E-state index contributed by atoms with van der Waals surface area (Å²) in [6.45, 7) is 1.90. The normalized spacial score (nSPS) is 12.7. The third kappa shape index (κ3) is 4.28. The molecule has 0 atom stereocenters. The fourth-order valence-electron chi connectivity index (χ4n) is 3.81. The lowest BCUT2D eigenvalue weighted by atomic mass is 9.91. The molecule has 8 nitrogen and oxygen atoms in total. The number of nitrogens with one attached hydrogen (secondary N) is 3. The van der Waals surface area contributed by atoms with E-state index in [1.54, 1.807) is 13.2 Å². The van der Waals surface area contributed by atoms with E-state index in [9.17, 15) is 0 Å². The highest BCUT2D eigenvalue weighted by molar-refractivity contribution is 6.00. The maximum Gasteiger partial charge on any atom is 0.228 e. The maximum atomic E-state index is 8.14. The molecule has 0 unspecified atom stereocenters. The van der Waals surface area contributed by atoms with Crippen LogP contribution in [0, 0.1) is 5.41 Å². The number of hydrogen-bond acceptors (Lipinski definition) is 6. The molecule has 160 valence electrons.